The molecule has 1 aromatic heterocycles. The lowest BCUT2D eigenvalue weighted by Gasteiger charge is -2.21. The molecule has 4 aromatic rings. The maximum atomic E-state index is 13.3. The molecule has 0 unspecified atom stereocenters. The summed E-state index contributed by atoms with van der Waals surface area (Å²) in [5.41, 5.74) is 1.39. The second-order valence-electron chi connectivity index (χ2n) is 7.54. The van der Waals surface area contributed by atoms with Gasteiger partial charge in [0, 0.05) is 5.39 Å². The highest BCUT2D eigenvalue weighted by Crippen LogP contribution is 2.32. The number of nitrogens with one attached hydrogen (secondary N) is 1. The Hall–Kier alpha value is -4.13. The monoisotopic (exact) mass is 427 g/mol. The number of fused-ring (bicyclic) bond motifs is 2. The van der Waals surface area contributed by atoms with E-state index in [-0.39, 0.29) is 23.2 Å². The first-order valence-corrected chi connectivity index (χ1v) is 10.4. The van der Waals surface area contributed by atoms with Crippen LogP contribution in [0.4, 0.5) is 0 Å². The highest BCUT2D eigenvalue weighted by Gasteiger charge is 2.21. The number of amides is 1. The van der Waals surface area contributed by atoms with Crippen molar-refractivity contribution < 1.29 is 14.3 Å². The van der Waals surface area contributed by atoms with Crippen molar-refractivity contribution >= 4 is 16.7 Å². The summed E-state index contributed by atoms with van der Waals surface area (Å²) in [4.78, 5) is 26.3. The zero-order valence-electron chi connectivity index (χ0n) is 17.4. The molecule has 2 heterocycles. The van der Waals surface area contributed by atoms with E-state index in [1.165, 1.54) is 4.68 Å². The minimum Gasteiger partial charge on any atom is -0.486 e. The molecule has 0 bridgehead atoms. The summed E-state index contributed by atoms with van der Waals surface area (Å²) in [5.74, 6) is 0.991. The molecule has 0 saturated heterocycles. The van der Waals surface area contributed by atoms with E-state index in [4.69, 9.17) is 9.47 Å². The summed E-state index contributed by atoms with van der Waals surface area (Å²) >= 11 is 0. The Labute approximate surface area is 184 Å². The number of hydrogen-bond acceptors (Lipinski definition) is 5. The lowest BCUT2D eigenvalue weighted by Crippen LogP contribution is -2.31. The van der Waals surface area contributed by atoms with E-state index in [1.54, 1.807) is 36.4 Å². The molecule has 160 valence electrons. The smallest absolute Gasteiger partial charge is 0.279 e. The van der Waals surface area contributed by atoms with Crippen LogP contribution in [0, 0.1) is 0 Å². The number of nitrogens with zero attached hydrogens (tertiary/aromatic N) is 2. The third-order valence-electron chi connectivity index (χ3n) is 5.43. The van der Waals surface area contributed by atoms with Crippen LogP contribution in [0.1, 0.15) is 29.0 Å². The highest BCUT2D eigenvalue weighted by molar-refractivity contribution is 6.05. The van der Waals surface area contributed by atoms with Crippen molar-refractivity contribution in [3.8, 4) is 17.2 Å². The molecule has 1 aliphatic heterocycles. The van der Waals surface area contributed by atoms with Gasteiger partial charge in [-0.15, -0.1) is 0 Å². The second kappa shape index (κ2) is 8.19. The van der Waals surface area contributed by atoms with Gasteiger partial charge < -0.3 is 14.8 Å². The van der Waals surface area contributed by atoms with Gasteiger partial charge in [0.1, 0.15) is 13.2 Å². The fraction of sp³-hybridized carbons (Fsp3) is 0.160. The van der Waals surface area contributed by atoms with Crippen LogP contribution >= 0.6 is 0 Å². The standard InChI is InChI=1S/C25H21N3O4/c1-16(17-11-12-21-22(15-17)32-14-13-31-21)26-24(29)23-19-9-5-6-10-20(19)25(30)28(27-23)18-7-3-2-4-8-18/h2-12,15-16H,13-14H2,1H3,(H,26,29)/t16-/m1/s1. The average Bonchev–Trinajstić information content (AvgIpc) is 2.84. The van der Waals surface area contributed by atoms with Gasteiger partial charge in [0.2, 0.25) is 0 Å². The van der Waals surface area contributed by atoms with E-state index >= 15 is 0 Å². The minimum absolute atomic E-state index is 0.188. The lowest BCUT2D eigenvalue weighted by atomic mass is 10.1. The highest BCUT2D eigenvalue weighted by atomic mass is 16.6. The van der Waals surface area contributed by atoms with Crippen molar-refractivity contribution in [2.75, 3.05) is 13.2 Å². The molecule has 7 heteroatoms. The Kier molecular flexibility index (Phi) is 5.07. The van der Waals surface area contributed by atoms with Gasteiger partial charge in [-0.1, -0.05) is 42.5 Å². The zero-order chi connectivity index (χ0) is 22.1. The van der Waals surface area contributed by atoms with E-state index in [1.807, 2.05) is 43.3 Å². The number of ether oxygens (including phenoxy) is 2. The molecule has 0 radical (unpaired) electrons. The van der Waals surface area contributed by atoms with Crippen molar-refractivity contribution in [3.63, 3.8) is 0 Å². The van der Waals surface area contributed by atoms with Crippen molar-refractivity contribution in [2.45, 2.75) is 13.0 Å². The Morgan fingerprint density at radius 2 is 1.62 bits per heavy atom. The molecule has 0 aliphatic carbocycles. The fourth-order valence-corrected chi connectivity index (χ4v) is 3.78. The molecule has 3 aromatic carbocycles. The number of para-hydroxylation sites is 1. The summed E-state index contributed by atoms with van der Waals surface area (Å²) in [6, 6.07) is 21.4. The molecule has 0 saturated carbocycles. The number of hydrogen-bond donors (Lipinski definition) is 1. The minimum atomic E-state index is -0.367. The number of rotatable bonds is 4. The number of benzene rings is 3. The van der Waals surface area contributed by atoms with Crippen LogP contribution in [0.2, 0.25) is 0 Å². The largest absolute Gasteiger partial charge is 0.486 e. The second-order valence-corrected chi connectivity index (χ2v) is 7.54. The van der Waals surface area contributed by atoms with Crippen LogP contribution in [0.25, 0.3) is 16.5 Å². The maximum Gasteiger partial charge on any atom is 0.279 e. The number of carbonyl (C=O) groups is 1. The van der Waals surface area contributed by atoms with E-state index in [0.29, 0.717) is 41.2 Å². The molecule has 32 heavy (non-hydrogen) atoms. The maximum absolute atomic E-state index is 13.3. The summed E-state index contributed by atoms with van der Waals surface area (Å²) in [5, 5.41) is 8.38. The Morgan fingerprint density at radius 1 is 0.938 bits per heavy atom. The molecule has 0 spiro atoms. The SMILES string of the molecule is C[C@@H](NC(=O)c1nn(-c2ccccc2)c(=O)c2ccccc12)c1ccc2c(c1)OCCO2. The van der Waals surface area contributed by atoms with E-state index in [2.05, 4.69) is 10.4 Å². The quantitative estimate of drug-likeness (QED) is 0.538. The van der Waals surface area contributed by atoms with Gasteiger partial charge >= 0.3 is 0 Å². The Morgan fingerprint density at radius 3 is 2.41 bits per heavy atom. The van der Waals surface area contributed by atoms with Crippen LogP contribution in [-0.4, -0.2) is 28.9 Å². The predicted molar refractivity (Wildman–Crippen MR) is 121 cm³/mol. The van der Waals surface area contributed by atoms with Gasteiger partial charge in [0.05, 0.1) is 17.1 Å². The molecule has 0 fully saturated rings. The molecule has 7 nitrogen and oxygen atoms in total. The van der Waals surface area contributed by atoms with Crippen LogP contribution in [0.15, 0.2) is 77.6 Å². The molecule has 1 aliphatic rings. The molecule has 1 atom stereocenters. The van der Waals surface area contributed by atoms with Gasteiger partial charge in [-0.05, 0) is 42.8 Å². The van der Waals surface area contributed by atoms with Crippen molar-refractivity contribution in [2.24, 2.45) is 0 Å². The summed E-state index contributed by atoms with van der Waals surface area (Å²) in [7, 11) is 0. The third-order valence-corrected chi connectivity index (χ3v) is 5.43. The predicted octanol–water partition coefficient (Wildman–Crippen LogP) is 3.65. The molecular weight excluding hydrogens is 406 g/mol. The van der Waals surface area contributed by atoms with E-state index in [9.17, 15) is 9.59 Å². The van der Waals surface area contributed by atoms with Crippen molar-refractivity contribution in [1.29, 1.82) is 0 Å². The Bertz CT molecular complexity index is 1360. The van der Waals surface area contributed by atoms with Gasteiger partial charge in [0.15, 0.2) is 17.2 Å². The van der Waals surface area contributed by atoms with Crippen LogP contribution in [0.3, 0.4) is 0 Å². The summed E-state index contributed by atoms with van der Waals surface area (Å²) in [6.45, 7) is 2.90. The van der Waals surface area contributed by atoms with E-state index < -0.39 is 0 Å². The topological polar surface area (TPSA) is 82.5 Å². The first-order valence-electron chi connectivity index (χ1n) is 10.4. The van der Waals surface area contributed by atoms with Crippen molar-refractivity contribution in [1.82, 2.24) is 15.1 Å². The Balaban J connectivity index is 1.52. The molecule has 1 amide bonds. The molecule has 1 N–H and O–H groups in total. The first kappa shape index (κ1) is 19.8. The summed E-state index contributed by atoms with van der Waals surface area (Å²) < 4.78 is 12.5. The molecular formula is C25H21N3O4. The van der Waals surface area contributed by atoms with Crippen LogP contribution in [0.5, 0.6) is 11.5 Å². The zero-order valence-corrected chi connectivity index (χ0v) is 17.4. The number of aromatic nitrogens is 2. The van der Waals surface area contributed by atoms with Gasteiger partial charge in [-0.2, -0.15) is 9.78 Å². The van der Waals surface area contributed by atoms with Crippen LogP contribution in [-0.2, 0) is 0 Å². The van der Waals surface area contributed by atoms with Crippen molar-refractivity contribution in [3.05, 3.63) is 94.4 Å². The average molecular weight is 427 g/mol. The normalized spacial score (nSPS) is 13.5. The van der Waals surface area contributed by atoms with Gasteiger partial charge in [0.25, 0.3) is 11.5 Å². The lowest BCUT2D eigenvalue weighted by molar-refractivity contribution is 0.0935. The fourth-order valence-electron chi connectivity index (χ4n) is 3.78. The first-order chi connectivity index (χ1) is 15.6. The third kappa shape index (κ3) is 3.58. The van der Waals surface area contributed by atoms with Crippen LogP contribution < -0.4 is 20.3 Å². The number of carbonyl (C=O) groups excluding carboxylic acids is 1. The summed E-state index contributed by atoms with van der Waals surface area (Å²) in [6.07, 6.45) is 0. The van der Waals surface area contributed by atoms with E-state index in [0.717, 1.165) is 5.56 Å². The molecule has 5 rings (SSSR count). The van der Waals surface area contributed by atoms with Gasteiger partial charge in [-0.3, -0.25) is 9.59 Å². The van der Waals surface area contributed by atoms with Gasteiger partial charge in [-0.25, -0.2) is 0 Å².